The van der Waals surface area contributed by atoms with Gasteiger partial charge >= 0.3 is 0 Å². The molecule has 1 atom stereocenters. The molecule has 1 saturated heterocycles. The van der Waals surface area contributed by atoms with Crippen molar-refractivity contribution in [2.75, 3.05) is 42.5 Å². The van der Waals surface area contributed by atoms with E-state index < -0.39 is 0 Å². The van der Waals surface area contributed by atoms with Gasteiger partial charge in [0.25, 0.3) is 0 Å². The van der Waals surface area contributed by atoms with Crippen LogP contribution in [0.4, 0.5) is 25.8 Å². The Morgan fingerprint density at radius 2 is 1.75 bits per heavy atom. The summed E-state index contributed by atoms with van der Waals surface area (Å²) in [5.41, 5.74) is 2.01. The van der Waals surface area contributed by atoms with E-state index in [1.165, 1.54) is 24.3 Å². The zero-order valence-corrected chi connectivity index (χ0v) is 15.5. The first-order chi connectivity index (χ1) is 13.5. The van der Waals surface area contributed by atoms with Crippen LogP contribution in [0.1, 0.15) is 12.8 Å². The maximum Gasteiger partial charge on any atom is 0.228 e. The van der Waals surface area contributed by atoms with Gasteiger partial charge in [0.1, 0.15) is 11.6 Å². The fraction of sp³-hybridized carbons (Fsp3) is 0.381. The average molecular weight is 387 g/mol. The summed E-state index contributed by atoms with van der Waals surface area (Å²) >= 11 is 0. The number of amides is 1. The van der Waals surface area contributed by atoms with Crippen molar-refractivity contribution < 1.29 is 18.7 Å². The molecule has 0 aromatic heterocycles. The van der Waals surface area contributed by atoms with E-state index in [2.05, 4.69) is 4.90 Å². The van der Waals surface area contributed by atoms with E-state index in [0.717, 1.165) is 18.7 Å². The second kappa shape index (κ2) is 7.85. The molecule has 1 N–H and O–H groups in total. The summed E-state index contributed by atoms with van der Waals surface area (Å²) < 4.78 is 27.2. The molecule has 1 fully saturated rings. The van der Waals surface area contributed by atoms with Crippen LogP contribution in [-0.4, -0.2) is 54.7 Å². The highest BCUT2D eigenvalue weighted by atomic mass is 19.1. The number of nitrogens with zero attached hydrogens (tertiary/aromatic N) is 3. The van der Waals surface area contributed by atoms with E-state index in [4.69, 9.17) is 0 Å². The van der Waals surface area contributed by atoms with Crippen LogP contribution >= 0.6 is 0 Å². The van der Waals surface area contributed by atoms with E-state index in [1.807, 2.05) is 4.90 Å². The molecule has 148 valence electrons. The largest absolute Gasteiger partial charge is 0.392 e. The van der Waals surface area contributed by atoms with Gasteiger partial charge in [0.15, 0.2) is 0 Å². The summed E-state index contributed by atoms with van der Waals surface area (Å²) in [7, 11) is 0. The third-order valence-electron chi connectivity index (χ3n) is 5.40. The molecule has 1 amide bonds. The van der Waals surface area contributed by atoms with E-state index >= 15 is 0 Å². The Balaban J connectivity index is 1.54. The van der Waals surface area contributed by atoms with Gasteiger partial charge in [0, 0.05) is 44.8 Å². The molecule has 2 heterocycles. The fourth-order valence-electron chi connectivity index (χ4n) is 3.93. The van der Waals surface area contributed by atoms with Gasteiger partial charge in [-0.3, -0.25) is 4.79 Å². The summed E-state index contributed by atoms with van der Waals surface area (Å²) in [5.74, 6) is -0.733. The van der Waals surface area contributed by atoms with Gasteiger partial charge in [0.05, 0.1) is 17.5 Å². The van der Waals surface area contributed by atoms with Crippen molar-refractivity contribution in [2.45, 2.75) is 18.9 Å². The van der Waals surface area contributed by atoms with Gasteiger partial charge < -0.3 is 19.8 Å². The van der Waals surface area contributed by atoms with Crippen LogP contribution in [0.25, 0.3) is 0 Å². The minimum Gasteiger partial charge on any atom is -0.392 e. The predicted octanol–water partition coefficient (Wildman–Crippen LogP) is 2.91. The third kappa shape index (κ3) is 3.86. The Labute approximate surface area is 162 Å². The van der Waals surface area contributed by atoms with E-state index in [-0.39, 0.29) is 23.6 Å². The molecular weight excluding hydrogens is 364 g/mol. The van der Waals surface area contributed by atoms with Crippen LogP contribution in [0.5, 0.6) is 0 Å². The number of carbonyl (C=O) groups excluding carboxylic acids is 1. The number of halogens is 2. The summed E-state index contributed by atoms with van der Waals surface area (Å²) in [6.45, 7) is 2.97. The number of fused-ring (bicyclic) bond motifs is 1. The van der Waals surface area contributed by atoms with E-state index in [1.54, 1.807) is 23.1 Å². The zero-order valence-electron chi connectivity index (χ0n) is 15.5. The quantitative estimate of drug-likeness (QED) is 0.877. The first kappa shape index (κ1) is 18.8. The highest BCUT2D eigenvalue weighted by Crippen LogP contribution is 2.38. The molecule has 0 spiro atoms. The lowest BCUT2D eigenvalue weighted by Gasteiger charge is -2.38. The Morgan fingerprint density at radius 1 is 1.00 bits per heavy atom. The number of hydrogen-bond donors (Lipinski definition) is 1. The third-order valence-corrected chi connectivity index (χ3v) is 5.40. The second-order valence-corrected chi connectivity index (χ2v) is 7.30. The lowest BCUT2D eigenvalue weighted by Crippen LogP contribution is -2.43. The van der Waals surface area contributed by atoms with E-state index in [0.29, 0.717) is 44.0 Å². The molecule has 28 heavy (non-hydrogen) atoms. The van der Waals surface area contributed by atoms with Crippen molar-refractivity contribution in [2.24, 2.45) is 0 Å². The molecule has 2 aliphatic rings. The van der Waals surface area contributed by atoms with Gasteiger partial charge in [-0.25, -0.2) is 8.78 Å². The number of likely N-dealkylation sites (tertiary alicyclic amines) is 1. The number of aliphatic hydroxyl groups excluding tert-OH is 1. The number of aliphatic hydroxyl groups is 1. The maximum absolute atomic E-state index is 13.9. The Bertz CT molecular complexity index is 859. The van der Waals surface area contributed by atoms with Gasteiger partial charge in [-0.2, -0.15) is 0 Å². The standard InChI is InChI=1S/C21H23F2N3O2/c22-15-1-4-17(5-2-15)25-11-12-26(19-6-3-16(23)13-20(19)25)21(28)8-10-24-9-7-18(27)14-24/h1-6,13,18,27H,7-12,14H2. The highest BCUT2D eigenvalue weighted by Gasteiger charge is 2.29. The van der Waals surface area contributed by atoms with Crippen LogP contribution in [0, 0.1) is 11.6 Å². The van der Waals surface area contributed by atoms with Gasteiger partial charge in [-0.15, -0.1) is 0 Å². The molecule has 7 heteroatoms. The number of rotatable bonds is 4. The van der Waals surface area contributed by atoms with Gasteiger partial charge in [0.2, 0.25) is 5.91 Å². The molecule has 0 bridgehead atoms. The monoisotopic (exact) mass is 387 g/mol. The number of benzene rings is 2. The van der Waals surface area contributed by atoms with Crippen LogP contribution in [0.2, 0.25) is 0 Å². The summed E-state index contributed by atoms with van der Waals surface area (Å²) in [6, 6.07) is 10.4. The SMILES string of the molecule is O=C(CCN1CCC(O)C1)N1CCN(c2ccc(F)cc2)c2cc(F)ccc21. The van der Waals surface area contributed by atoms with Crippen LogP contribution in [0.15, 0.2) is 42.5 Å². The first-order valence-corrected chi connectivity index (χ1v) is 9.55. The Hall–Kier alpha value is -2.51. The summed E-state index contributed by atoms with van der Waals surface area (Å²) in [5, 5.41) is 9.62. The topological polar surface area (TPSA) is 47.0 Å². The van der Waals surface area contributed by atoms with Crippen molar-refractivity contribution in [3.63, 3.8) is 0 Å². The van der Waals surface area contributed by atoms with Crippen LogP contribution in [0.3, 0.4) is 0 Å². The predicted molar refractivity (Wildman–Crippen MR) is 104 cm³/mol. The average Bonchev–Trinajstić information content (AvgIpc) is 3.11. The van der Waals surface area contributed by atoms with Crippen LogP contribution in [-0.2, 0) is 4.79 Å². The minimum atomic E-state index is -0.383. The molecule has 2 aromatic rings. The number of hydrogen-bond acceptors (Lipinski definition) is 4. The number of β-amino-alcohol motifs (C(OH)–C–C–N with tert-alkyl or cyclic N) is 1. The normalized spacial score (nSPS) is 19.8. The van der Waals surface area contributed by atoms with Crippen molar-refractivity contribution >= 4 is 23.0 Å². The summed E-state index contributed by atoms with van der Waals surface area (Å²) in [4.78, 5) is 18.5. The molecular formula is C21H23F2N3O2. The van der Waals surface area contributed by atoms with Crippen molar-refractivity contribution in [1.82, 2.24) is 4.90 Å². The highest BCUT2D eigenvalue weighted by molar-refractivity contribution is 5.99. The number of carbonyl (C=O) groups is 1. The smallest absolute Gasteiger partial charge is 0.228 e. The minimum absolute atomic E-state index is 0.0204. The second-order valence-electron chi connectivity index (χ2n) is 7.30. The number of anilines is 3. The Morgan fingerprint density at radius 3 is 2.46 bits per heavy atom. The lowest BCUT2D eigenvalue weighted by atomic mass is 10.1. The van der Waals surface area contributed by atoms with Crippen molar-refractivity contribution in [3.8, 4) is 0 Å². The molecule has 2 aliphatic heterocycles. The summed E-state index contributed by atoms with van der Waals surface area (Å²) in [6.07, 6.45) is 0.783. The first-order valence-electron chi connectivity index (χ1n) is 9.55. The zero-order chi connectivity index (χ0) is 19.7. The molecule has 5 nitrogen and oxygen atoms in total. The van der Waals surface area contributed by atoms with Crippen LogP contribution < -0.4 is 9.80 Å². The molecule has 2 aromatic carbocycles. The Kier molecular flexibility index (Phi) is 5.28. The van der Waals surface area contributed by atoms with Gasteiger partial charge in [-0.05, 0) is 48.9 Å². The maximum atomic E-state index is 13.9. The molecule has 0 aliphatic carbocycles. The lowest BCUT2D eigenvalue weighted by molar-refractivity contribution is -0.118. The molecule has 0 radical (unpaired) electrons. The van der Waals surface area contributed by atoms with E-state index in [9.17, 15) is 18.7 Å². The van der Waals surface area contributed by atoms with Gasteiger partial charge in [-0.1, -0.05) is 0 Å². The molecule has 0 saturated carbocycles. The fourth-order valence-corrected chi connectivity index (χ4v) is 3.93. The van der Waals surface area contributed by atoms with Crippen molar-refractivity contribution in [1.29, 1.82) is 0 Å². The molecule has 4 rings (SSSR count). The molecule has 1 unspecified atom stereocenters. The van der Waals surface area contributed by atoms with Crippen molar-refractivity contribution in [3.05, 3.63) is 54.1 Å².